The number of aryl methyl sites for hydroxylation is 1. The molecule has 0 bridgehead atoms. The van der Waals surface area contributed by atoms with E-state index < -0.39 is 0 Å². The van der Waals surface area contributed by atoms with Crippen LogP contribution in [0.5, 0.6) is 0 Å². The van der Waals surface area contributed by atoms with Crippen LogP contribution in [-0.4, -0.2) is 27.3 Å². The summed E-state index contributed by atoms with van der Waals surface area (Å²) in [5.41, 5.74) is 0.908. The lowest BCUT2D eigenvalue weighted by atomic mass is 10.2. The van der Waals surface area contributed by atoms with Crippen molar-refractivity contribution in [3.8, 4) is 0 Å². The van der Waals surface area contributed by atoms with E-state index in [2.05, 4.69) is 20.8 Å². The topological polar surface area (TPSA) is 55.6 Å². The van der Waals surface area contributed by atoms with Gasteiger partial charge >= 0.3 is 0 Å². The molecule has 1 aromatic carbocycles. The van der Waals surface area contributed by atoms with Crippen LogP contribution in [0.1, 0.15) is 5.56 Å². The molecule has 0 saturated heterocycles. The third kappa shape index (κ3) is 2.80. The molecule has 0 atom stereocenters. The number of benzene rings is 1. The Kier molecular flexibility index (Phi) is 3.70. The van der Waals surface area contributed by atoms with Gasteiger partial charge in [-0.05, 0) is 46.9 Å². The summed E-state index contributed by atoms with van der Waals surface area (Å²) in [5, 5.41) is 14.5. The van der Waals surface area contributed by atoms with Gasteiger partial charge in [-0.3, -0.25) is 0 Å². The smallest absolute Gasteiger partial charge is 0.213 e. The van der Waals surface area contributed by atoms with Crippen molar-refractivity contribution in [2.45, 2.75) is 16.6 Å². The summed E-state index contributed by atoms with van der Waals surface area (Å²) in [6.45, 7) is 0.646. The average Bonchev–Trinajstić information content (AvgIpc) is 2.69. The third-order valence-electron chi connectivity index (χ3n) is 2.16. The minimum absolute atomic E-state index is 0.259. The van der Waals surface area contributed by atoms with Gasteiger partial charge in [-0.1, -0.05) is 6.07 Å². The summed E-state index contributed by atoms with van der Waals surface area (Å²) in [6, 6.07) is 5.13. The Balaban J connectivity index is 2.19. The van der Waals surface area contributed by atoms with Crippen molar-refractivity contribution >= 4 is 11.8 Å². The van der Waals surface area contributed by atoms with Gasteiger partial charge in [-0.15, -0.1) is 5.10 Å². The highest BCUT2D eigenvalue weighted by atomic mass is 32.2. The molecular weight excluding hydrogens is 241 g/mol. The predicted molar refractivity (Wildman–Crippen MR) is 62.1 cm³/mol. The molecular formula is C10H12FN5S. The van der Waals surface area contributed by atoms with Gasteiger partial charge in [0.1, 0.15) is 5.82 Å². The lowest BCUT2D eigenvalue weighted by molar-refractivity contribution is 0.596. The number of hydrogen-bond acceptors (Lipinski definition) is 5. The molecule has 0 radical (unpaired) electrons. The maximum Gasteiger partial charge on any atom is 0.213 e. The Morgan fingerprint density at radius 1 is 1.47 bits per heavy atom. The quantitative estimate of drug-likeness (QED) is 0.888. The van der Waals surface area contributed by atoms with Gasteiger partial charge in [0.25, 0.3) is 0 Å². The molecule has 1 aromatic heterocycles. The summed E-state index contributed by atoms with van der Waals surface area (Å²) in [4.78, 5) is 0.516. The minimum atomic E-state index is -0.259. The number of hydrogen-bond donors (Lipinski definition) is 1. The zero-order valence-electron chi connectivity index (χ0n) is 9.51. The van der Waals surface area contributed by atoms with Gasteiger partial charge in [-0.25, -0.2) is 9.07 Å². The SMILES string of the molecule is CNCc1ccc(Sc2nnnn2C)c(F)c1. The highest BCUT2D eigenvalue weighted by Gasteiger charge is 2.09. The van der Waals surface area contributed by atoms with Crippen molar-refractivity contribution in [1.29, 1.82) is 0 Å². The Bertz CT molecular complexity index is 513. The number of tetrazole rings is 1. The number of halogens is 1. The van der Waals surface area contributed by atoms with Crippen molar-refractivity contribution in [2.75, 3.05) is 7.05 Å². The first kappa shape index (κ1) is 12.0. The molecule has 0 saturated carbocycles. The van der Waals surface area contributed by atoms with E-state index in [1.807, 2.05) is 13.1 Å². The largest absolute Gasteiger partial charge is 0.316 e. The van der Waals surface area contributed by atoms with Gasteiger partial charge in [-0.2, -0.15) is 0 Å². The van der Waals surface area contributed by atoms with Crippen LogP contribution in [0.3, 0.4) is 0 Å². The molecule has 90 valence electrons. The second-order valence-corrected chi connectivity index (χ2v) is 4.49. The number of rotatable bonds is 4. The number of aromatic nitrogens is 4. The van der Waals surface area contributed by atoms with Crippen molar-refractivity contribution in [2.24, 2.45) is 7.05 Å². The molecule has 0 aliphatic carbocycles. The molecule has 2 rings (SSSR count). The molecule has 7 heteroatoms. The summed E-state index contributed by atoms with van der Waals surface area (Å²) in [5.74, 6) is -0.259. The van der Waals surface area contributed by atoms with Crippen LogP contribution < -0.4 is 5.32 Å². The highest BCUT2D eigenvalue weighted by Crippen LogP contribution is 2.27. The van der Waals surface area contributed by atoms with E-state index in [9.17, 15) is 4.39 Å². The fourth-order valence-corrected chi connectivity index (χ4v) is 2.08. The summed E-state index contributed by atoms with van der Waals surface area (Å²) in [7, 11) is 3.54. The Morgan fingerprint density at radius 3 is 2.88 bits per heavy atom. The first-order chi connectivity index (χ1) is 8.20. The van der Waals surface area contributed by atoms with Gasteiger partial charge in [0.15, 0.2) is 0 Å². The van der Waals surface area contributed by atoms with E-state index in [1.165, 1.54) is 22.5 Å². The van der Waals surface area contributed by atoms with E-state index in [1.54, 1.807) is 13.1 Å². The first-order valence-corrected chi connectivity index (χ1v) is 5.85. The molecule has 1 N–H and O–H groups in total. The standard InChI is InChI=1S/C10H12FN5S/c1-12-6-7-3-4-9(8(11)5-7)17-10-13-14-15-16(10)2/h3-5,12H,6H2,1-2H3. The fourth-order valence-electron chi connectivity index (χ4n) is 1.35. The minimum Gasteiger partial charge on any atom is -0.316 e. The van der Waals surface area contributed by atoms with Crippen LogP contribution in [0.15, 0.2) is 28.3 Å². The molecule has 2 aromatic rings. The van der Waals surface area contributed by atoms with E-state index in [-0.39, 0.29) is 5.82 Å². The zero-order chi connectivity index (χ0) is 12.3. The molecule has 0 amide bonds. The molecule has 0 unspecified atom stereocenters. The third-order valence-corrected chi connectivity index (χ3v) is 3.24. The monoisotopic (exact) mass is 253 g/mol. The Morgan fingerprint density at radius 2 is 2.29 bits per heavy atom. The van der Waals surface area contributed by atoms with Gasteiger partial charge in [0, 0.05) is 13.6 Å². The highest BCUT2D eigenvalue weighted by molar-refractivity contribution is 7.99. The second kappa shape index (κ2) is 5.24. The normalized spacial score (nSPS) is 10.8. The molecule has 17 heavy (non-hydrogen) atoms. The van der Waals surface area contributed by atoms with Gasteiger partial charge in [0.05, 0.1) is 4.90 Å². The molecule has 1 heterocycles. The van der Waals surface area contributed by atoms with Crippen LogP contribution in [0.4, 0.5) is 4.39 Å². The lowest BCUT2D eigenvalue weighted by Gasteiger charge is -2.04. The number of nitrogens with zero attached hydrogens (tertiary/aromatic N) is 4. The van der Waals surface area contributed by atoms with E-state index in [0.29, 0.717) is 16.6 Å². The molecule has 0 fully saturated rings. The fraction of sp³-hybridized carbons (Fsp3) is 0.300. The lowest BCUT2D eigenvalue weighted by Crippen LogP contribution is -2.05. The maximum absolute atomic E-state index is 13.8. The Labute approximate surface area is 102 Å². The summed E-state index contributed by atoms with van der Waals surface area (Å²) in [6.07, 6.45) is 0. The van der Waals surface area contributed by atoms with Crippen molar-refractivity contribution in [1.82, 2.24) is 25.5 Å². The summed E-state index contributed by atoms with van der Waals surface area (Å²) < 4.78 is 15.3. The van der Waals surface area contributed by atoms with Crippen molar-refractivity contribution in [3.05, 3.63) is 29.6 Å². The van der Waals surface area contributed by atoms with Crippen LogP contribution in [0, 0.1) is 5.82 Å². The predicted octanol–water partition coefficient (Wildman–Crippen LogP) is 1.22. The van der Waals surface area contributed by atoms with E-state index >= 15 is 0 Å². The molecule has 0 aliphatic rings. The van der Waals surface area contributed by atoms with Crippen LogP contribution in [0.2, 0.25) is 0 Å². The second-order valence-electron chi connectivity index (χ2n) is 3.48. The summed E-state index contributed by atoms with van der Waals surface area (Å²) >= 11 is 1.21. The van der Waals surface area contributed by atoms with Crippen molar-refractivity contribution in [3.63, 3.8) is 0 Å². The van der Waals surface area contributed by atoms with Crippen LogP contribution in [-0.2, 0) is 13.6 Å². The maximum atomic E-state index is 13.8. The Hall–Kier alpha value is -1.47. The van der Waals surface area contributed by atoms with E-state index in [4.69, 9.17) is 0 Å². The van der Waals surface area contributed by atoms with Crippen LogP contribution in [0.25, 0.3) is 0 Å². The van der Waals surface area contributed by atoms with E-state index in [0.717, 1.165) is 5.56 Å². The first-order valence-electron chi connectivity index (χ1n) is 5.04. The van der Waals surface area contributed by atoms with Gasteiger partial charge in [0.2, 0.25) is 5.16 Å². The molecule has 5 nitrogen and oxygen atoms in total. The zero-order valence-corrected chi connectivity index (χ0v) is 10.3. The van der Waals surface area contributed by atoms with Crippen molar-refractivity contribution < 1.29 is 4.39 Å². The van der Waals surface area contributed by atoms with Gasteiger partial charge < -0.3 is 5.32 Å². The molecule has 0 spiro atoms. The average molecular weight is 253 g/mol. The molecule has 0 aliphatic heterocycles. The number of nitrogens with one attached hydrogen (secondary N) is 1. The van der Waals surface area contributed by atoms with Crippen LogP contribution >= 0.6 is 11.8 Å².